The van der Waals surface area contributed by atoms with E-state index < -0.39 is 67.9 Å². The number of nitrogens with one attached hydrogen (secondary N) is 3. The fourth-order valence-corrected chi connectivity index (χ4v) is 7.43. The molecule has 0 amide bonds. The van der Waals surface area contributed by atoms with Gasteiger partial charge in [0.25, 0.3) is 30.4 Å². The van der Waals surface area contributed by atoms with Crippen molar-refractivity contribution in [2.45, 2.75) is 14.7 Å². The van der Waals surface area contributed by atoms with Gasteiger partial charge in [0.2, 0.25) is 11.9 Å². The van der Waals surface area contributed by atoms with Gasteiger partial charge < -0.3 is 21.7 Å². The maximum absolute atomic E-state index is 13.6. The summed E-state index contributed by atoms with van der Waals surface area (Å²) < 4.78 is 102. The number of carbonyl (C=O) groups excluding carboxylic acids is 2. The molecule has 1 heterocycles. The highest BCUT2D eigenvalue weighted by atomic mass is 127. The van der Waals surface area contributed by atoms with Crippen LogP contribution in [-0.4, -0.2) is 65.4 Å². The highest BCUT2D eigenvalue weighted by Crippen LogP contribution is 2.40. The summed E-state index contributed by atoms with van der Waals surface area (Å²) in [6.07, 6.45) is 0. The van der Waals surface area contributed by atoms with Gasteiger partial charge in [-0.3, -0.25) is 23.2 Å². The van der Waals surface area contributed by atoms with Crippen LogP contribution in [0.25, 0.3) is 0 Å². The van der Waals surface area contributed by atoms with E-state index in [2.05, 4.69) is 30.9 Å². The summed E-state index contributed by atoms with van der Waals surface area (Å²) in [6.45, 7) is 0. The zero-order chi connectivity index (χ0) is 37.0. The van der Waals surface area contributed by atoms with E-state index in [-0.39, 0.29) is 55.2 Å². The quantitative estimate of drug-likeness (QED) is 0.0617. The van der Waals surface area contributed by atoms with Crippen LogP contribution in [0.2, 0.25) is 0 Å². The smallest absolute Gasteiger partial charge is 0.296 e. The Balaban J connectivity index is 1.39. The first-order valence-electron chi connectivity index (χ1n) is 13.9. The van der Waals surface area contributed by atoms with Crippen molar-refractivity contribution in [3.8, 4) is 0 Å². The maximum Gasteiger partial charge on any atom is 0.296 e. The molecule has 0 radical (unpaired) electrons. The first-order valence-corrected chi connectivity index (χ1v) is 19.3. The average molecular weight is 866 g/mol. The normalized spacial score (nSPS) is 12.9. The Morgan fingerprint density at radius 2 is 1.18 bits per heavy atom. The molecule has 51 heavy (non-hydrogen) atoms. The predicted molar refractivity (Wildman–Crippen MR) is 189 cm³/mol. The number of halogens is 1. The average Bonchev–Trinajstić information content (AvgIpc) is 3.03. The topological polar surface area (TPSA) is 298 Å². The number of carbonyl (C=O) groups is 2. The third-order valence-electron chi connectivity index (χ3n) is 7.26. The summed E-state index contributed by atoms with van der Waals surface area (Å²) in [6, 6.07) is 15.0. The second-order valence-electron chi connectivity index (χ2n) is 10.6. The summed E-state index contributed by atoms with van der Waals surface area (Å²) in [5, 5.41) is 8.08. The number of nitrogen functional groups attached to an aromatic ring is 1. The number of fused-ring (bicyclic) bond motifs is 2. The number of rotatable bonds is 9. The molecule has 0 saturated carbocycles. The molecule has 22 heteroatoms. The molecule has 0 fully saturated rings. The van der Waals surface area contributed by atoms with Gasteiger partial charge in [0.1, 0.15) is 9.79 Å². The minimum atomic E-state index is -5.05. The van der Waals surface area contributed by atoms with Crippen molar-refractivity contribution in [2.24, 2.45) is 0 Å². The van der Waals surface area contributed by atoms with E-state index in [0.29, 0.717) is 0 Å². The molecule has 8 N–H and O–H groups in total. The van der Waals surface area contributed by atoms with Crippen molar-refractivity contribution < 1.29 is 48.5 Å². The van der Waals surface area contributed by atoms with E-state index in [1.54, 1.807) is 22.6 Å². The number of nitrogens with two attached hydrogens (primary N) is 1. The van der Waals surface area contributed by atoms with Gasteiger partial charge in [-0.05, 0) is 42.5 Å². The van der Waals surface area contributed by atoms with Gasteiger partial charge in [-0.2, -0.15) is 40.2 Å². The number of ketones is 2. The summed E-state index contributed by atoms with van der Waals surface area (Å²) in [7, 11) is -14.6. The van der Waals surface area contributed by atoms with Crippen molar-refractivity contribution in [2.75, 3.05) is 21.7 Å². The van der Waals surface area contributed by atoms with Gasteiger partial charge in [-0.25, -0.2) is 0 Å². The van der Waals surface area contributed by atoms with Crippen molar-refractivity contribution in [3.05, 3.63) is 98.9 Å². The van der Waals surface area contributed by atoms with Crippen LogP contribution in [0.5, 0.6) is 0 Å². The number of aromatic nitrogens is 3. The summed E-state index contributed by atoms with van der Waals surface area (Å²) in [4.78, 5) is 37.3. The Morgan fingerprint density at radius 1 is 0.588 bits per heavy atom. The lowest BCUT2D eigenvalue weighted by Gasteiger charge is -2.24. The summed E-state index contributed by atoms with van der Waals surface area (Å²) >= 11 is 1.73. The third kappa shape index (κ3) is 7.23. The van der Waals surface area contributed by atoms with Crippen molar-refractivity contribution in [1.29, 1.82) is 0 Å². The molecule has 0 spiro atoms. The van der Waals surface area contributed by atoms with Crippen LogP contribution in [-0.2, 0) is 30.4 Å². The standard InChI is InChI=1S/C29H20IN7O11S3/c30-27-35-28(33-13-4-3-5-15(10-13)49(40,41)42)37-29(36-27)34-18-9-8-14(11-20(18)50(43,44)45)32-19-12-21(51(46,47)48)24(31)23-22(19)25(38)16-6-1-2-7-17(16)26(23)39/h1-12,32H,31H2,(H,40,41,42)(H,43,44,45)(H,46,47,48)(H2,33,34,35,36,37). The second-order valence-corrected chi connectivity index (χ2v) is 15.7. The van der Waals surface area contributed by atoms with E-state index in [0.717, 1.165) is 24.3 Å². The van der Waals surface area contributed by atoms with E-state index in [9.17, 15) is 48.5 Å². The van der Waals surface area contributed by atoms with Gasteiger partial charge in [-0.15, -0.1) is 0 Å². The zero-order valence-electron chi connectivity index (χ0n) is 25.1. The van der Waals surface area contributed by atoms with Crippen molar-refractivity contribution in [3.63, 3.8) is 0 Å². The van der Waals surface area contributed by atoms with Crippen LogP contribution in [0.1, 0.15) is 31.8 Å². The fourth-order valence-electron chi connectivity index (χ4n) is 5.12. The lowest BCUT2D eigenvalue weighted by Crippen LogP contribution is -2.25. The van der Waals surface area contributed by atoms with E-state index >= 15 is 0 Å². The zero-order valence-corrected chi connectivity index (χ0v) is 29.7. The Kier molecular flexibility index (Phi) is 9.03. The lowest BCUT2D eigenvalue weighted by atomic mass is 9.82. The highest BCUT2D eigenvalue weighted by Gasteiger charge is 2.36. The minimum absolute atomic E-state index is 0.0118. The molecule has 6 rings (SSSR count). The molecule has 1 aliphatic carbocycles. The van der Waals surface area contributed by atoms with Crippen LogP contribution in [0.4, 0.5) is 40.3 Å². The van der Waals surface area contributed by atoms with Gasteiger partial charge in [0, 0.05) is 45.1 Å². The van der Waals surface area contributed by atoms with Crippen LogP contribution < -0.4 is 21.7 Å². The minimum Gasteiger partial charge on any atom is -0.397 e. The van der Waals surface area contributed by atoms with E-state index in [4.69, 9.17) is 5.73 Å². The molecule has 1 aromatic heterocycles. The molecule has 4 aromatic carbocycles. The first kappa shape index (κ1) is 35.7. The monoisotopic (exact) mass is 865 g/mol. The van der Waals surface area contributed by atoms with Gasteiger partial charge in [0.15, 0.2) is 15.4 Å². The number of anilines is 7. The third-order valence-corrected chi connectivity index (χ3v) is 10.4. The Morgan fingerprint density at radius 3 is 1.78 bits per heavy atom. The number of hydrogen-bond donors (Lipinski definition) is 7. The molecule has 0 unspecified atom stereocenters. The molecular formula is C29H20IN7O11S3. The molecule has 18 nitrogen and oxygen atoms in total. The molecule has 0 bridgehead atoms. The summed E-state index contributed by atoms with van der Waals surface area (Å²) in [5.74, 6) is -1.87. The van der Waals surface area contributed by atoms with E-state index in [1.807, 2.05) is 0 Å². The van der Waals surface area contributed by atoms with Crippen molar-refractivity contribution >= 4 is 105 Å². The lowest BCUT2D eigenvalue weighted by molar-refractivity contribution is 0.0980. The number of nitrogens with zero attached hydrogens (tertiary/aromatic N) is 3. The largest absolute Gasteiger partial charge is 0.397 e. The molecule has 5 aromatic rings. The Labute approximate surface area is 302 Å². The van der Waals surface area contributed by atoms with Crippen LogP contribution in [0.3, 0.4) is 0 Å². The molecular weight excluding hydrogens is 845 g/mol. The number of benzene rings is 4. The van der Waals surface area contributed by atoms with Crippen molar-refractivity contribution in [1.82, 2.24) is 15.0 Å². The Bertz CT molecular complexity index is 2670. The van der Waals surface area contributed by atoms with E-state index in [1.165, 1.54) is 48.5 Å². The highest BCUT2D eigenvalue weighted by molar-refractivity contribution is 14.1. The SMILES string of the molecule is Nc1c(S(=O)(=O)O)cc(Nc2ccc(Nc3nc(I)nc(Nc4cccc(S(=O)(=O)O)c4)n3)c(S(=O)(=O)O)c2)c2c1C(=O)c1ccccc1C2=O. The number of hydrogen-bond acceptors (Lipinski definition) is 15. The summed E-state index contributed by atoms with van der Waals surface area (Å²) in [5.41, 5.74) is 3.87. The van der Waals surface area contributed by atoms with Crippen LogP contribution in [0, 0.1) is 3.83 Å². The molecule has 262 valence electrons. The Hall–Kier alpha value is -5.11. The molecule has 0 atom stereocenters. The van der Waals surface area contributed by atoms with Crippen LogP contribution >= 0.6 is 22.6 Å². The predicted octanol–water partition coefficient (Wildman–Crippen LogP) is 3.80. The van der Waals surface area contributed by atoms with Gasteiger partial charge in [0.05, 0.1) is 33.1 Å². The first-order chi connectivity index (χ1) is 23.8. The second kappa shape index (κ2) is 12.9. The molecule has 1 aliphatic rings. The molecule has 0 aliphatic heterocycles. The fraction of sp³-hybridized carbons (Fsp3) is 0. The molecule has 0 saturated heterocycles. The van der Waals surface area contributed by atoms with Gasteiger partial charge in [-0.1, -0.05) is 30.3 Å². The van der Waals surface area contributed by atoms with Crippen LogP contribution in [0.15, 0.2) is 87.5 Å². The maximum atomic E-state index is 13.6. The van der Waals surface area contributed by atoms with Gasteiger partial charge >= 0.3 is 0 Å².